The lowest BCUT2D eigenvalue weighted by Gasteiger charge is -2.15. The Morgan fingerprint density at radius 2 is 2.07 bits per heavy atom. The number of pyridine rings is 1. The number of hydrogen-bond donors (Lipinski definition) is 2. The number of carbonyl (C=O) groups excluding carboxylic acids is 1. The minimum absolute atomic E-state index is 0.174. The van der Waals surface area contributed by atoms with Crippen molar-refractivity contribution >= 4 is 29.7 Å². The number of halogens is 5. The molecule has 3 N–H and O–H groups in total. The van der Waals surface area contributed by atoms with Gasteiger partial charge in [-0.1, -0.05) is 11.6 Å². The molecule has 1 saturated carbocycles. The average Bonchev–Trinajstić information content (AvgIpc) is 3.49. The number of amidine groups is 1. The van der Waals surface area contributed by atoms with Crippen molar-refractivity contribution in [3.05, 3.63) is 58.4 Å². The molecule has 1 atom stereocenters. The number of aromatic nitrogens is 1. The van der Waals surface area contributed by atoms with E-state index in [1.807, 2.05) is 19.1 Å². The predicted molar refractivity (Wildman–Crippen MR) is 105 cm³/mol. The van der Waals surface area contributed by atoms with Gasteiger partial charge >= 0.3 is 0 Å². The second-order valence-corrected chi connectivity index (χ2v) is 6.74. The first-order chi connectivity index (χ1) is 14.2. The van der Waals surface area contributed by atoms with Gasteiger partial charge in [-0.25, -0.2) is 22.6 Å². The summed E-state index contributed by atoms with van der Waals surface area (Å²) in [6.07, 6.45) is 0.00103. The SMILES string of the molecule is Cc1ccc(Cl)cn1.NC(=N[C@@H](c1cc(NC=O)cc(F)c1F)C(F)F)OC1CC1. The molecule has 2 aromatic rings. The van der Waals surface area contributed by atoms with Crippen molar-refractivity contribution in [3.63, 3.8) is 0 Å². The van der Waals surface area contributed by atoms with Gasteiger partial charge in [0.15, 0.2) is 11.6 Å². The summed E-state index contributed by atoms with van der Waals surface area (Å²) in [5.74, 6) is -2.87. The quantitative estimate of drug-likeness (QED) is 0.298. The molecular formula is C19H19ClF4N4O2. The van der Waals surface area contributed by atoms with E-state index >= 15 is 0 Å². The topological polar surface area (TPSA) is 89.6 Å². The minimum Gasteiger partial charge on any atom is -0.462 e. The molecule has 0 aliphatic heterocycles. The van der Waals surface area contributed by atoms with Gasteiger partial charge in [0.1, 0.15) is 12.1 Å². The highest BCUT2D eigenvalue weighted by Crippen LogP contribution is 2.31. The van der Waals surface area contributed by atoms with Crippen LogP contribution in [0.3, 0.4) is 0 Å². The summed E-state index contributed by atoms with van der Waals surface area (Å²) in [5.41, 5.74) is 5.48. The highest BCUT2D eigenvalue weighted by atomic mass is 35.5. The van der Waals surface area contributed by atoms with Gasteiger partial charge in [-0.2, -0.15) is 0 Å². The van der Waals surface area contributed by atoms with Crippen molar-refractivity contribution in [2.24, 2.45) is 10.7 Å². The Bertz CT molecular complexity index is 872. The van der Waals surface area contributed by atoms with E-state index in [0.29, 0.717) is 11.1 Å². The third-order valence-electron chi connectivity index (χ3n) is 3.79. The van der Waals surface area contributed by atoms with Crippen LogP contribution < -0.4 is 11.1 Å². The van der Waals surface area contributed by atoms with Crippen LogP contribution in [-0.4, -0.2) is 29.9 Å². The van der Waals surface area contributed by atoms with Crippen molar-refractivity contribution in [3.8, 4) is 0 Å². The van der Waals surface area contributed by atoms with Crippen molar-refractivity contribution in [2.75, 3.05) is 5.32 Å². The molecule has 0 radical (unpaired) electrons. The van der Waals surface area contributed by atoms with Crippen LogP contribution in [0.25, 0.3) is 0 Å². The van der Waals surface area contributed by atoms with E-state index in [-0.39, 0.29) is 18.2 Å². The Kier molecular flexibility index (Phi) is 8.40. The molecule has 0 unspecified atom stereocenters. The third-order valence-corrected chi connectivity index (χ3v) is 4.02. The average molecular weight is 447 g/mol. The summed E-state index contributed by atoms with van der Waals surface area (Å²) >= 11 is 5.55. The van der Waals surface area contributed by atoms with Crippen LogP contribution >= 0.6 is 11.6 Å². The zero-order valence-electron chi connectivity index (χ0n) is 15.8. The van der Waals surface area contributed by atoms with Gasteiger partial charge < -0.3 is 15.8 Å². The number of hydrogen-bond acceptors (Lipinski definition) is 4. The molecule has 11 heteroatoms. The Morgan fingerprint density at radius 1 is 1.37 bits per heavy atom. The lowest BCUT2D eigenvalue weighted by Crippen LogP contribution is -2.21. The zero-order chi connectivity index (χ0) is 22.3. The van der Waals surface area contributed by atoms with Gasteiger partial charge in [0.2, 0.25) is 6.41 Å². The fraction of sp³-hybridized carbons (Fsp3) is 0.316. The summed E-state index contributed by atoms with van der Waals surface area (Å²) in [4.78, 5) is 17.7. The van der Waals surface area contributed by atoms with Crippen molar-refractivity contribution in [1.29, 1.82) is 0 Å². The summed E-state index contributed by atoms with van der Waals surface area (Å²) < 4.78 is 58.5. The first kappa shape index (κ1) is 23.4. The van der Waals surface area contributed by atoms with E-state index in [2.05, 4.69) is 15.3 Å². The molecule has 0 spiro atoms. The number of rotatable bonds is 6. The van der Waals surface area contributed by atoms with Crippen LogP contribution in [0.2, 0.25) is 5.02 Å². The number of alkyl halides is 2. The highest BCUT2D eigenvalue weighted by Gasteiger charge is 2.30. The van der Waals surface area contributed by atoms with Gasteiger partial charge in [-0.05, 0) is 38.0 Å². The molecule has 1 amide bonds. The van der Waals surface area contributed by atoms with Crippen LogP contribution in [0, 0.1) is 18.6 Å². The first-order valence-electron chi connectivity index (χ1n) is 8.76. The number of nitrogens with one attached hydrogen (secondary N) is 1. The van der Waals surface area contributed by atoms with Crippen molar-refractivity contribution < 1.29 is 27.1 Å². The molecular weight excluding hydrogens is 428 g/mol. The molecule has 1 aliphatic carbocycles. The van der Waals surface area contributed by atoms with E-state index in [4.69, 9.17) is 22.1 Å². The monoisotopic (exact) mass is 446 g/mol. The van der Waals surface area contributed by atoms with Gasteiger partial charge in [0.05, 0.1) is 5.02 Å². The number of nitrogens with two attached hydrogens (primary N) is 1. The Morgan fingerprint density at radius 3 is 2.57 bits per heavy atom. The fourth-order valence-corrected chi connectivity index (χ4v) is 2.32. The summed E-state index contributed by atoms with van der Waals surface area (Å²) in [5, 5.41) is 2.75. The number of ether oxygens (including phenoxy) is 1. The van der Waals surface area contributed by atoms with Crippen LogP contribution in [0.5, 0.6) is 0 Å². The largest absolute Gasteiger partial charge is 0.462 e. The molecule has 1 aliphatic rings. The number of nitrogens with zero attached hydrogens (tertiary/aromatic N) is 2. The second kappa shape index (κ2) is 10.8. The molecule has 0 bridgehead atoms. The minimum atomic E-state index is -3.14. The smallest absolute Gasteiger partial charge is 0.283 e. The highest BCUT2D eigenvalue weighted by molar-refractivity contribution is 6.30. The Balaban J connectivity index is 0.000000335. The van der Waals surface area contributed by atoms with Crippen molar-refractivity contribution in [2.45, 2.75) is 38.3 Å². The maximum absolute atomic E-state index is 13.8. The Hall–Kier alpha value is -2.88. The fourth-order valence-electron chi connectivity index (χ4n) is 2.21. The Labute approximate surface area is 175 Å². The zero-order valence-corrected chi connectivity index (χ0v) is 16.5. The lowest BCUT2D eigenvalue weighted by molar-refractivity contribution is -0.105. The molecule has 1 aromatic carbocycles. The number of carbonyl (C=O) groups is 1. The standard InChI is InChI=1S/C13H13F4N3O2.C6H6ClN/c14-9-4-6(19-5-21)3-8(10(9)15)11(12(16)17)20-13(18)22-7-1-2-7;1-5-2-3-6(7)4-8-5/h3-5,7,11-12H,1-2H2,(H2,18,20)(H,19,21);2-4H,1H3/t11-;/m0./s1. The number of anilines is 1. The van der Waals surface area contributed by atoms with Crippen LogP contribution in [0.4, 0.5) is 23.2 Å². The van der Waals surface area contributed by atoms with Gasteiger partial charge in [0, 0.05) is 29.2 Å². The maximum Gasteiger partial charge on any atom is 0.283 e. The van der Waals surface area contributed by atoms with E-state index in [1.165, 1.54) is 0 Å². The number of aryl methyl sites for hydroxylation is 1. The van der Waals surface area contributed by atoms with Gasteiger partial charge in [-0.15, -0.1) is 0 Å². The second-order valence-electron chi connectivity index (χ2n) is 6.31. The molecule has 0 saturated heterocycles. The molecule has 30 heavy (non-hydrogen) atoms. The van der Waals surface area contributed by atoms with E-state index in [0.717, 1.165) is 24.6 Å². The third kappa shape index (κ3) is 7.18. The predicted octanol–water partition coefficient (Wildman–Crippen LogP) is 4.38. The molecule has 3 rings (SSSR count). The summed E-state index contributed by atoms with van der Waals surface area (Å²) in [6.45, 7) is 1.93. The van der Waals surface area contributed by atoms with Crippen molar-refractivity contribution in [1.82, 2.24) is 4.98 Å². The summed E-state index contributed by atoms with van der Waals surface area (Å²) in [7, 11) is 0. The molecule has 162 valence electrons. The first-order valence-corrected chi connectivity index (χ1v) is 9.14. The molecule has 1 fully saturated rings. The molecule has 1 aromatic heterocycles. The normalized spacial score (nSPS) is 14.6. The number of benzene rings is 1. The van der Waals surface area contributed by atoms with Gasteiger partial charge in [0.25, 0.3) is 12.4 Å². The van der Waals surface area contributed by atoms with Crippen LogP contribution in [0.15, 0.2) is 35.5 Å². The van der Waals surface area contributed by atoms with Gasteiger partial charge in [-0.3, -0.25) is 9.78 Å². The molecule has 6 nitrogen and oxygen atoms in total. The van der Waals surface area contributed by atoms with E-state index in [9.17, 15) is 22.4 Å². The number of amides is 1. The lowest BCUT2D eigenvalue weighted by atomic mass is 10.1. The van der Waals surface area contributed by atoms with E-state index in [1.54, 1.807) is 6.20 Å². The van der Waals surface area contributed by atoms with Crippen LogP contribution in [0.1, 0.15) is 30.1 Å². The maximum atomic E-state index is 13.8. The number of aliphatic imine (C=N–C) groups is 1. The van der Waals surface area contributed by atoms with Crippen LogP contribution in [-0.2, 0) is 9.53 Å². The van der Waals surface area contributed by atoms with E-state index < -0.39 is 35.7 Å². The molecule has 1 heterocycles. The summed E-state index contributed by atoms with van der Waals surface area (Å²) in [6, 6.07) is 2.69.